The molecule has 0 saturated carbocycles. The Balaban J connectivity index is 1.57. The Morgan fingerprint density at radius 1 is 1.15 bits per heavy atom. The van der Waals surface area contributed by atoms with Crippen molar-refractivity contribution >= 4 is 17.7 Å². The van der Waals surface area contributed by atoms with Gasteiger partial charge in [0.1, 0.15) is 6.10 Å². The highest BCUT2D eigenvalue weighted by atomic mass is 16.5. The smallest absolute Gasteiger partial charge is 0.338 e. The summed E-state index contributed by atoms with van der Waals surface area (Å²) in [5.41, 5.74) is 2.16. The molecule has 0 aromatic heterocycles. The number of amides is 2. The number of esters is 1. The second kappa shape index (κ2) is 9.19. The highest BCUT2D eigenvalue weighted by Gasteiger charge is 2.25. The standard InChI is InChI=1S/C21H24N2O4/c1-2-13-27-20(24)17-8-10-18(11-9-17)22-21(25)23-12-14-26-19(15-23)16-6-4-3-5-7-16/h3-11,19H,2,12-15H2,1H3,(H,22,25). The Kier molecular flexibility index (Phi) is 6.44. The van der Waals surface area contributed by atoms with E-state index in [2.05, 4.69) is 5.32 Å². The Labute approximate surface area is 159 Å². The van der Waals surface area contributed by atoms with E-state index in [4.69, 9.17) is 9.47 Å². The van der Waals surface area contributed by atoms with Crippen LogP contribution in [0.4, 0.5) is 10.5 Å². The summed E-state index contributed by atoms with van der Waals surface area (Å²) < 4.78 is 10.9. The third-order valence-electron chi connectivity index (χ3n) is 4.33. The average Bonchev–Trinajstić information content (AvgIpc) is 2.73. The first-order valence-electron chi connectivity index (χ1n) is 9.17. The summed E-state index contributed by atoms with van der Waals surface area (Å²) >= 11 is 0. The average molecular weight is 368 g/mol. The summed E-state index contributed by atoms with van der Waals surface area (Å²) in [6, 6.07) is 16.4. The maximum Gasteiger partial charge on any atom is 0.338 e. The van der Waals surface area contributed by atoms with Crippen molar-refractivity contribution in [2.75, 3.05) is 31.6 Å². The van der Waals surface area contributed by atoms with E-state index in [1.807, 2.05) is 37.3 Å². The highest BCUT2D eigenvalue weighted by molar-refractivity contribution is 5.92. The van der Waals surface area contributed by atoms with E-state index in [0.717, 1.165) is 12.0 Å². The lowest BCUT2D eigenvalue weighted by atomic mass is 10.1. The van der Waals surface area contributed by atoms with Crippen molar-refractivity contribution in [2.45, 2.75) is 19.4 Å². The van der Waals surface area contributed by atoms with Crippen molar-refractivity contribution in [3.63, 3.8) is 0 Å². The molecule has 0 bridgehead atoms. The summed E-state index contributed by atoms with van der Waals surface area (Å²) in [6.45, 7) is 3.87. The van der Waals surface area contributed by atoms with Gasteiger partial charge in [0.05, 0.1) is 25.3 Å². The Bertz CT molecular complexity index is 762. The molecule has 1 aliphatic heterocycles. The molecule has 2 aromatic carbocycles. The zero-order valence-electron chi connectivity index (χ0n) is 15.4. The van der Waals surface area contributed by atoms with Gasteiger partial charge in [0.15, 0.2) is 0 Å². The number of carbonyl (C=O) groups is 2. The minimum atomic E-state index is -0.353. The van der Waals surface area contributed by atoms with E-state index in [0.29, 0.717) is 37.6 Å². The lowest BCUT2D eigenvalue weighted by Crippen LogP contribution is -2.44. The van der Waals surface area contributed by atoms with Crippen molar-refractivity contribution in [3.8, 4) is 0 Å². The quantitative estimate of drug-likeness (QED) is 0.814. The maximum absolute atomic E-state index is 12.6. The molecule has 1 atom stereocenters. The van der Waals surface area contributed by atoms with Gasteiger partial charge in [-0.1, -0.05) is 37.3 Å². The van der Waals surface area contributed by atoms with Crippen LogP contribution in [0.2, 0.25) is 0 Å². The van der Waals surface area contributed by atoms with E-state index in [-0.39, 0.29) is 18.1 Å². The van der Waals surface area contributed by atoms with Crippen molar-refractivity contribution in [3.05, 3.63) is 65.7 Å². The molecule has 27 heavy (non-hydrogen) atoms. The van der Waals surface area contributed by atoms with Crippen molar-refractivity contribution in [1.82, 2.24) is 4.90 Å². The van der Waals surface area contributed by atoms with E-state index in [1.165, 1.54) is 0 Å². The summed E-state index contributed by atoms with van der Waals surface area (Å²) in [4.78, 5) is 26.1. The van der Waals surface area contributed by atoms with Gasteiger partial charge in [-0.15, -0.1) is 0 Å². The number of urea groups is 1. The van der Waals surface area contributed by atoms with Crippen molar-refractivity contribution < 1.29 is 19.1 Å². The van der Waals surface area contributed by atoms with Crippen molar-refractivity contribution in [1.29, 1.82) is 0 Å². The van der Waals surface area contributed by atoms with Gasteiger partial charge < -0.3 is 19.7 Å². The van der Waals surface area contributed by atoms with Crippen LogP contribution in [0.3, 0.4) is 0 Å². The number of nitrogens with zero attached hydrogens (tertiary/aromatic N) is 1. The van der Waals surface area contributed by atoms with Gasteiger partial charge in [-0.2, -0.15) is 0 Å². The Hall–Kier alpha value is -2.86. The SMILES string of the molecule is CCCOC(=O)c1ccc(NC(=O)N2CCOC(c3ccccc3)C2)cc1. The third-order valence-corrected chi connectivity index (χ3v) is 4.33. The first-order valence-corrected chi connectivity index (χ1v) is 9.17. The first kappa shape index (κ1) is 18.9. The Morgan fingerprint density at radius 2 is 1.89 bits per heavy atom. The molecular weight excluding hydrogens is 344 g/mol. The largest absolute Gasteiger partial charge is 0.462 e. The molecule has 1 fully saturated rings. The number of carbonyl (C=O) groups excluding carboxylic acids is 2. The molecule has 1 heterocycles. The fraction of sp³-hybridized carbons (Fsp3) is 0.333. The second-order valence-electron chi connectivity index (χ2n) is 6.36. The zero-order valence-corrected chi connectivity index (χ0v) is 15.4. The van der Waals surface area contributed by atoms with Crippen LogP contribution in [0.25, 0.3) is 0 Å². The van der Waals surface area contributed by atoms with Crippen LogP contribution in [-0.2, 0) is 9.47 Å². The normalized spacial score (nSPS) is 16.6. The minimum absolute atomic E-state index is 0.124. The summed E-state index contributed by atoms with van der Waals surface area (Å²) in [6.07, 6.45) is 0.657. The molecule has 0 radical (unpaired) electrons. The second-order valence-corrected chi connectivity index (χ2v) is 6.36. The molecule has 0 spiro atoms. The highest BCUT2D eigenvalue weighted by Crippen LogP contribution is 2.22. The topological polar surface area (TPSA) is 67.9 Å². The van der Waals surface area contributed by atoms with E-state index >= 15 is 0 Å². The van der Waals surface area contributed by atoms with Crippen molar-refractivity contribution in [2.24, 2.45) is 0 Å². The van der Waals surface area contributed by atoms with Crippen LogP contribution in [0, 0.1) is 0 Å². The lowest BCUT2D eigenvalue weighted by molar-refractivity contribution is -0.0135. The molecule has 1 unspecified atom stereocenters. The molecule has 2 amide bonds. The number of ether oxygens (including phenoxy) is 2. The monoisotopic (exact) mass is 368 g/mol. The van der Waals surface area contributed by atoms with Gasteiger partial charge in [-0.25, -0.2) is 9.59 Å². The summed E-state index contributed by atoms with van der Waals surface area (Å²) in [7, 11) is 0. The molecule has 6 heteroatoms. The van der Waals surface area contributed by atoms with Gasteiger partial charge in [0, 0.05) is 12.2 Å². The van der Waals surface area contributed by atoms with Gasteiger partial charge >= 0.3 is 12.0 Å². The fourth-order valence-electron chi connectivity index (χ4n) is 2.87. The molecule has 1 aliphatic rings. The van der Waals surface area contributed by atoms with E-state index in [1.54, 1.807) is 29.2 Å². The number of nitrogens with one attached hydrogen (secondary N) is 1. The molecule has 2 aromatic rings. The van der Waals surface area contributed by atoms with Gasteiger partial charge in [0.2, 0.25) is 0 Å². The fourth-order valence-corrected chi connectivity index (χ4v) is 2.87. The number of hydrogen-bond donors (Lipinski definition) is 1. The number of morpholine rings is 1. The first-order chi connectivity index (χ1) is 13.2. The Morgan fingerprint density at radius 3 is 2.59 bits per heavy atom. The minimum Gasteiger partial charge on any atom is -0.462 e. The van der Waals surface area contributed by atoms with Gasteiger partial charge in [-0.05, 0) is 36.2 Å². The van der Waals surface area contributed by atoms with Crippen LogP contribution < -0.4 is 5.32 Å². The van der Waals surface area contributed by atoms with Crippen LogP contribution in [0.15, 0.2) is 54.6 Å². The molecule has 6 nitrogen and oxygen atoms in total. The molecule has 1 N–H and O–H groups in total. The van der Waals surface area contributed by atoms with Crippen LogP contribution >= 0.6 is 0 Å². The van der Waals surface area contributed by atoms with Gasteiger partial charge in [-0.3, -0.25) is 0 Å². The molecule has 142 valence electrons. The summed E-state index contributed by atoms with van der Waals surface area (Å²) in [5.74, 6) is -0.353. The number of hydrogen-bond acceptors (Lipinski definition) is 4. The molecule has 0 aliphatic carbocycles. The number of anilines is 1. The van der Waals surface area contributed by atoms with Crippen LogP contribution in [-0.4, -0.2) is 43.2 Å². The maximum atomic E-state index is 12.6. The predicted molar refractivity (Wildman–Crippen MR) is 103 cm³/mol. The zero-order chi connectivity index (χ0) is 19.1. The number of benzene rings is 2. The van der Waals surface area contributed by atoms with Crippen LogP contribution in [0.1, 0.15) is 35.4 Å². The van der Waals surface area contributed by atoms with Gasteiger partial charge in [0.25, 0.3) is 0 Å². The number of rotatable bonds is 5. The van der Waals surface area contributed by atoms with Crippen LogP contribution in [0.5, 0.6) is 0 Å². The van der Waals surface area contributed by atoms with E-state index < -0.39 is 0 Å². The van der Waals surface area contributed by atoms with E-state index in [9.17, 15) is 9.59 Å². The molecular formula is C21H24N2O4. The molecule has 3 rings (SSSR count). The summed E-state index contributed by atoms with van der Waals surface area (Å²) in [5, 5.41) is 2.87. The molecule has 1 saturated heterocycles. The third kappa shape index (κ3) is 5.08. The lowest BCUT2D eigenvalue weighted by Gasteiger charge is -2.33. The predicted octanol–water partition coefficient (Wildman–Crippen LogP) is 3.86.